The summed E-state index contributed by atoms with van der Waals surface area (Å²) < 4.78 is 0. The van der Waals surface area contributed by atoms with Crippen molar-refractivity contribution < 1.29 is 9.59 Å². The number of carbonyl (C=O) groups is 2. The van der Waals surface area contributed by atoms with Crippen LogP contribution < -0.4 is 5.43 Å². The van der Waals surface area contributed by atoms with Crippen molar-refractivity contribution in [2.45, 2.75) is 12.8 Å². The number of nitrogens with zero attached hydrogens (tertiary/aromatic N) is 1. The summed E-state index contributed by atoms with van der Waals surface area (Å²) >= 11 is 1.64. The van der Waals surface area contributed by atoms with Gasteiger partial charge in [0.2, 0.25) is 11.8 Å². The van der Waals surface area contributed by atoms with E-state index in [1.165, 1.54) is 5.01 Å². The molecule has 0 aromatic heterocycles. The van der Waals surface area contributed by atoms with Crippen LogP contribution in [-0.4, -0.2) is 34.9 Å². The number of rotatable bonds is 2. The first kappa shape index (κ1) is 11.1. The minimum absolute atomic E-state index is 0.0485. The Morgan fingerprint density at radius 3 is 2.86 bits per heavy atom. The summed E-state index contributed by atoms with van der Waals surface area (Å²) in [6.07, 6.45) is 2.54. The summed E-state index contributed by atoms with van der Waals surface area (Å²) in [5, 5.41) is 1.33. The molecular formula is C9H14N2O2S. The fourth-order valence-corrected chi connectivity index (χ4v) is 1.96. The van der Waals surface area contributed by atoms with E-state index in [1.54, 1.807) is 17.8 Å². The van der Waals surface area contributed by atoms with Crippen LogP contribution in [-0.2, 0) is 9.59 Å². The molecule has 0 aromatic carbocycles. The van der Waals surface area contributed by atoms with E-state index in [0.717, 1.165) is 11.5 Å². The lowest BCUT2D eigenvalue weighted by Crippen LogP contribution is -2.46. The van der Waals surface area contributed by atoms with Crippen molar-refractivity contribution >= 4 is 23.6 Å². The minimum atomic E-state index is -0.102. The highest BCUT2D eigenvalue weighted by molar-refractivity contribution is 7.99. The van der Waals surface area contributed by atoms with Crippen molar-refractivity contribution in [3.63, 3.8) is 0 Å². The molecule has 1 N–H and O–H groups in total. The van der Waals surface area contributed by atoms with Crippen molar-refractivity contribution in [1.29, 1.82) is 0 Å². The second-order valence-corrected chi connectivity index (χ2v) is 4.17. The Bertz CT molecular complexity index is 243. The van der Waals surface area contributed by atoms with Gasteiger partial charge in [0.1, 0.15) is 0 Å². The van der Waals surface area contributed by atoms with Gasteiger partial charge in [-0.1, -0.05) is 6.08 Å². The van der Waals surface area contributed by atoms with Crippen molar-refractivity contribution in [3.8, 4) is 0 Å². The lowest BCUT2D eigenvalue weighted by atomic mass is 10.4. The van der Waals surface area contributed by atoms with E-state index >= 15 is 0 Å². The smallest absolute Gasteiger partial charge is 0.242 e. The molecule has 0 aromatic rings. The van der Waals surface area contributed by atoms with Crippen LogP contribution in [0.5, 0.6) is 0 Å². The molecule has 1 aliphatic rings. The third kappa shape index (κ3) is 3.41. The maximum Gasteiger partial charge on any atom is 0.242 e. The molecule has 0 atom stereocenters. The van der Waals surface area contributed by atoms with Gasteiger partial charge in [-0.15, -0.1) is 6.58 Å². The predicted octanol–water partition coefficient (Wildman–Crippen LogP) is 0.559. The number of carbonyl (C=O) groups excluding carboxylic acids is 2. The van der Waals surface area contributed by atoms with Gasteiger partial charge in [-0.2, -0.15) is 11.8 Å². The van der Waals surface area contributed by atoms with Gasteiger partial charge >= 0.3 is 0 Å². The molecule has 1 rings (SSSR count). The largest absolute Gasteiger partial charge is 0.273 e. The number of thioether (sulfide) groups is 1. The zero-order valence-electron chi connectivity index (χ0n) is 7.99. The molecule has 0 aliphatic carbocycles. The molecule has 4 nitrogen and oxygen atoms in total. The van der Waals surface area contributed by atoms with Crippen LogP contribution in [0.15, 0.2) is 12.7 Å². The number of hydrogen-bond donors (Lipinski definition) is 1. The third-order valence-electron chi connectivity index (χ3n) is 1.81. The van der Waals surface area contributed by atoms with Crippen molar-refractivity contribution in [1.82, 2.24) is 10.4 Å². The second kappa shape index (κ2) is 5.70. The first-order valence-corrected chi connectivity index (χ1v) is 5.68. The molecule has 0 saturated carbocycles. The summed E-state index contributed by atoms with van der Waals surface area (Å²) in [5.41, 5.74) is 2.57. The van der Waals surface area contributed by atoms with Crippen LogP contribution in [0.3, 0.4) is 0 Å². The fraction of sp³-hybridized carbons (Fsp3) is 0.556. The molecule has 78 valence electrons. The van der Waals surface area contributed by atoms with E-state index in [0.29, 0.717) is 19.4 Å². The number of nitrogens with one attached hydrogen (secondary N) is 1. The number of hydrazine groups is 1. The van der Waals surface area contributed by atoms with Gasteiger partial charge in [-0.25, -0.2) is 0 Å². The number of amides is 2. The lowest BCUT2D eigenvalue weighted by Gasteiger charge is -2.20. The van der Waals surface area contributed by atoms with E-state index < -0.39 is 0 Å². The van der Waals surface area contributed by atoms with Gasteiger partial charge in [-0.05, 0) is 0 Å². The molecule has 0 radical (unpaired) electrons. The van der Waals surface area contributed by atoms with Crippen LogP contribution in [0.4, 0.5) is 0 Å². The lowest BCUT2D eigenvalue weighted by molar-refractivity contribution is -0.140. The Morgan fingerprint density at radius 2 is 2.14 bits per heavy atom. The highest BCUT2D eigenvalue weighted by Crippen LogP contribution is 2.08. The van der Waals surface area contributed by atoms with E-state index in [2.05, 4.69) is 12.0 Å². The van der Waals surface area contributed by atoms with E-state index in [9.17, 15) is 9.59 Å². The average molecular weight is 214 g/mol. The van der Waals surface area contributed by atoms with Gasteiger partial charge in [0, 0.05) is 24.3 Å². The maximum absolute atomic E-state index is 11.5. The molecular weight excluding hydrogens is 200 g/mol. The summed E-state index contributed by atoms with van der Waals surface area (Å²) in [5.74, 6) is 1.41. The van der Waals surface area contributed by atoms with Crippen molar-refractivity contribution in [3.05, 3.63) is 12.7 Å². The molecule has 14 heavy (non-hydrogen) atoms. The Labute approximate surface area is 87.7 Å². The maximum atomic E-state index is 11.5. The summed E-state index contributed by atoms with van der Waals surface area (Å²) in [4.78, 5) is 22.8. The summed E-state index contributed by atoms with van der Waals surface area (Å²) in [6, 6.07) is 0. The molecule has 1 heterocycles. The second-order valence-electron chi connectivity index (χ2n) is 2.94. The highest BCUT2D eigenvalue weighted by atomic mass is 32.2. The Balaban J connectivity index is 2.60. The molecule has 1 fully saturated rings. The minimum Gasteiger partial charge on any atom is -0.273 e. The van der Waals surface area contributed by atoms with Crippen LogP contribution >= 0.6 is 11.8 Å². The fourth-order valence-electron chi connectivity index (χ4n) is 1.11. The Hall–Kier alpha value is -0.970. The van der Waals surface area contributed by atoms with E-state index in [-0.39, 0.29) is 11.8 Å². The molecule has 5 heteroatoms. The molecule has 0 bridgehead atoms. The van der Waals surface area contributed by atoms with E-state index in [1.807, 2.05) is 0 Å². The molecule has 1 saturated heterocycles. The normalized spacial score (nSPS) is 19.3. The Kier molecular flexibility index (Phi) is 4.52. The zero-order chi connectivity index (χ0) is 10.4. The molecule has 2 amide bonds. The quantitative estimate of drug-likeness (QED) is 0.683. The van der Waals surface area contributed by atoms with Crippen LogP contribution in [0.25, 0.3) is 0 Å². The summed E-state index contributed by atoms with van der Waals surface area (Å²) in [7, 11) is 0. The van der Waals surface area contributed by atoms with Gasteiger partial charge in [-0.3, -0.25) is 20.0 Å². The van der Waals surface area contributed by atoms with Crippen LogP contribution in [0, 0.1) is 0 Å². The monoisotopic (exact) mass is 214 g/mol. The molecule has 0 spiro atoms. The number of hydrogen-bond acceptors (Lipinski definition) is 3. The molecule has 0 unspecified atom stereocenters. The van der Waals surface area contributed by atoms with Crippen LogP contribution in [0.2, 0.25) is 0 Å². The van der Waals surface area contributed by atoms with Crippen molar-refractivity contribution in [2.24, 2.45) is 0 Å². The molecule has 1 aliphatic heterocycles. The van der Waals surface area contributed by atoms with Gasteiger partial charge < -0.3 is 0 Å². The SMILES string of the molecule is C=CCN1NC(=O)CCSCCC1=O. The third-order valence-corrected chi connectivity index (χ3v) is 2.79. The predicted molar refractivity (Wildman–Crippen MR) is 56.6 cm³/mol. The van der Waals surface area contributed by atoms with Crippen molar-refractivity contribution in [2.75, 3.05) is 18.1 Å². The first-order valence-electron chi connectivity index (χ1n) is 4.52. The van der Waals surface area contributed by atoms with Gasteiger partial charge in [0.25, 0.3) is 0 Å². The van der Waals surface area contributed by atoms with Crippen LogP contribution in [0.1, 0.15) is 12.8 Å². The highest BCUT2D eigenvalue weighted by Gasteiger charge is 2.16. The standard InChI is InChI=1S/C9H14N2O2S/c1-2-5-11-9(13)4-7-14-6-3-8(12)10-11/h2H,1,3-7H2,(H,10,12). The van der Waals surface area contributed by atoms with E-state index in [4.69, 9.17) is 0 Å². The topological polar surface area (TPSA) is 49.4 Å². The first-order chi connectivity index (χ1) is 6.74. The summed E-state index contributed by atoms with van der Waals surface area (Å²) in [6.45, 7) is 3.91. The van der Waals surface area contributed by atoms with Gasteiger partial charge in [0.05, 0.1) is 6.54 Å². The average Bonchev–Trinajstić information content (AvgIpc) is 2.21. The zero-order valence-corrected chi connectivity index (χ0v) is 8.81. The van der Waals surface area contributed by atoms with Gasteiger partial charge in [0.15, 0.2) is 0 Å². The Morgan fingerprint density at radius 1 is 1.43 bits per heavy atom.